The maximum atomic E-state index is 11.8. The molecule has 4 nitrogen and oxygen atoms in total. The molecule has 1 amide bonds. The van der Waals surface area contributed by atoms with Gasteiger partial charge in [-0.1, -0.05) is 36.9 Å². The predicted molar refractivity (Wildman–Crippen MR) is 94.1 cm³/mol. The minimum Gasteiger partial charge on any atom is -0.423 e. The quantitative estimate of drug-likeness (QED) is 0.383. The number of esters is 1. The first kappa shape index (κ1) is 16.8. The molecule has 1 fully saturated rings. The Morgan fingerprint density at radius 3 is 2.65 bits per heavy atom. The van der Waals surface area contributed by atoms with Crippen LogP contribution in [0.1, 0.15) is 12.5 Å². The molecule has 1 aliphatic rings. The van der Waals surface area contributed by atoms with Crippen LogP contribution in [-0.2, 0) is 4.79 Å². The highest BCUT2D eigenvalue weighted by atomic mass is 32.2. The Hall–Kier alpha value is -2.53. The molecule has 0 saturated carbocycles. The number of ether oxygens (including phenoxy) is 1. The number of carbonyl (C=O) groups excluding carboxylic acids is 2. The van der Waals surface area contributed by atoms with E-state index in [9.17, 15) is 9.59 Å². The second-order valence-corrected chi connectivity index (χ2v) is 5.82. The highest BCUT2D eigenvalue weighted by Gasteiger charge is 2.15. The molecule has 0 aliphatic carbocycles. The second-order valence-electron chi connectivity index (χ2n) is 4.72. The third kappa shape index (κ3) is 5.30. The van der Waals surface area contributed by atoms with Crippen LogP contribution in [0, 0.1) is 0 Å². The van der Waals surface area contributed by atoms with Crippen LogP contribution in [0.25, 0.3) is 6.08 Å². The number of benzene rings is 1. The third-order valence-corrected chi connectivity index (χ3v) is 3.77. The van der Waals surface area contributed by atoms with Crippen molar-refractivity contribution in [2.75, 3.05) is 6.54 Å². The van der Waals surface area contributed by atoms with Crippen molar-refractivity contribution in [3.05, 3.63) is 71.2 Å². The van der Waals surface area contributed by atoms with Gasteiger partial charge in [0, 0.05) is 4.91 Å². The van der Waals surface area contributed by atoms with E-state index in [4.69, 9.17) is 4.74 Å². The molecule has 0 bridgehead atoms. The zero-order chi connectivity index (χ0) is 16.7. The molecule has 5 heteroatoms. The summed E-state index contributed by atoms with van der Waals surface area (Å²) in [4.78, 5) is 23.9. The van der Waals surface area contributed by atoms with Gasteiger partial charge in [0.2, 0.25) is 0 Å². The topological polar surface area (TPSA) is 55.4 Å². The fourth-order valence-corrected chi connectivity index (χ4v) is 2.49. The fourth-order valence-electron chi connectivity index (χ4n) is 1.77. The van der Waals surface area contributed by atoms with E-state index in [1.807, 2.05) is 31.2 Å². The van der Waals surface area contributed by atoms with E-state index in [1.54, 1.807) is 30.4 Å². The van der Waals surface area contributed by atoms with Crippen molar-refractivity contribution >= 4 is 29.0 Å². The molecule has 1 aliphatic heterocycles. The summed E-state index contributed by atoms with van der Waals surface area (Å²) in [5.41, 5.74) is 1.22. The number of allylic oxidation sites excluding steroid dienone is 3. The summed E-state index contributed by atoms with van der Waals surface area (Å²) in [6, 6.07) is 7.08. The summed E-state index contributed by atoms with van der Waals surface area (Å²) in [5.74, 6) is -0.0380. The van der Waals surface area contributed by atoms with Crippen LogP contribution in [0.2, 0.25) is 0 Å². The molecule has 0 unspecified atom stereocenters. The van der Waals surface area contributed by atoms with Gasteiger partial charge in [0.15, 0.2) is 0 Å². The van der Waals surface area contributed by atoms with E-state index in [0.717, 1.165) is 10.5 Å². The highest BCUT2D eigenvalue weighted by Crippen LogP contribution is 2.25. The molecule has 0 aromatic heterocycles. The van der Waals surface area contributed by atoms with Crippen LogP contribution < -0.4 is 10.1 Å². The molecule has 1 aromatic rings. The number of thioether (sulfide) groups is 1. The minimum absolute atomic E-state index is 0.0358. The van der Waals surface area contributed by atoms with Gasteiger partial charge in [0.1, 0.15) is 5.75 Å². The highest BCUT2D eigenvalue weighted by molar-refractivity contribution is 8.17. The monoisotopic (exact) mass is 327 g/mol. The molecule has 2 rings (SSSR count). The molecular weight excluding hydrogens is 310 g/mol. The van der Waals surface area contributed by atoms with E-state index in [1.165, 1.54) is 11.8 Å². The SMILES string of the molecule is C=C(/C=C\C=C/C)C(=O)Oc1ccc(/C=C2/CNC(=O)S2)cc1. The van der Waals surface area contributed by atoms with E-state index < -0.39 is 5.97 Å². The Labute approximate surface area is 139 Å². The summed E-state index contributed by atoms with van der Waals surface area (Å²) in [5, 5.41) is 2.69. The molecule has 1 N–H and O–H groups in total. The van der Waals surface area contributed by atoms with Gasteiger partial charge in [-0.25, -0.2) is 4.79 Å². The van der Waals surface area contributed by atoms with E-state index in [2.05, 4.69) is 11.9 Å². The van der Waals surface area contributed by atoms with Crippen molar-refractivity contribution in [3.8, 4) is 5.75 Å². The molecule has 118 valence electrons. The summed E-state index contributed by atoms with van der Waals surface area (Å²) in [7, 11) is 0. The normalized spacial score (nSPS) is 16.2. The first-order valence-electron chi connectivity index (χ1n) is 7.05. The first-order chi connectivity index (χ1) is 11.1. The summed E-state index contributed by atoms with van der Waals surface area (Å²) < 4.78 is 5.24. The largest absolute Gasteiger partial charge is 0.423 e. The molecule has 1 saturated heterocycles. The molecule has 0 atom stereocenters. The van der Waals surface area contributed by atoms with Crippen molar-refractivity contribution in [1.82, 2.24) is 5.32 Å². The van der Waals surface area contributed by atoms with Gasteiger partial charge in [0.05, 0.1) is 12.1 Å². The van der Waals surface area contributed by atoms with Crippen LogP contribution in [0.4, 0.5) is 4.79 Å². The lowest BCUT2D eigenvalue weighted by Crippen LogP contribution is -2.09. The van der Waals surface area contributed by atoms with E-state index in [-0.39, 0.29) is 10.8 Å². The Balaban J connectivity index is 1.96. The number of amides is 1. The molecule has 23 heavy (non-hydrogen) atoms. The Morgan fingerprint density at radius 1 is 1.30 bits per heavy atom. The Morgan fingerprint density at radius 2 is 2.04 bits per heavy atom. The Kier molecular flexibility index (Phi) is 6.00. The average molecular weight is 327 g/mol. The fraction of sp³-hybridized carbons (Fsp3) is 0.111. The summed E-state index contributed by atoms with van der Waals surface area (Å²) in [6.45, 7) is 6.11. The maximum absolute atomic E-state index is 11.8. The van der Waals surface area contributed by atoms with Gasteiger partial charge >= 0.3 is 5.97 Å². The predicted octanol–water partition coefficient (Wildman–Crippen LogP) is 4.08. The number of rotatable bonds is 5. The van der Waals surface area contributed by atoms with Crippen LogP contribution >= 0.6 is 11.8 Å². The van der Waals surface area contributed by atoms with Crippen LogP contribution in [-0.4, -0.2) is 17.8 Å². The van der Waals surface area contributed by atoms with Crippen molar-refractivity contribution < 1.29 is 14.3 Å². The van der Waals surface area contributed by atoms with Gasteiger partial charge in [-0.15, -0.1) is 0 Å². The standard InChI is InChI=1S/C18H17NO3S/c1-3-4-5-6-13(2)17(20)22-15-9-7-14(8-10-15)11-16-12-19-18(21)23-16/h3-11H,2,12H2,1H3,(H,19,21)/b4-3-,6-5-,16-11-. The van der Waals surface area contributed by atoms with Gasteiger partial charge < -0.3 is 10.1 Å². The van der Waals surface area contributed by atoms with Gasteiger partial charge in [0.25, 0.3) is 5.24 Å². The summed E-state index contributed by atoms with van der Waals surface area (Å²) in [6.07, 6.45) is 8.91. The number of hydrogen-bond donors (Lipinski definition) is 1. The van der Waals surface area contributed by atoms with Crippen LogP contribution in [0.5, 0.6) is 5.75 Å². The second kappa shape index (κ2) is 8.19. The first-order valence-corrected chi connectivity index (χ1v) is 7.87. The van der Waals surface area contributed by atoms with Gasteiger partial charge in [-0.05, 0) is 48.5 Å². The zero-order valence-electron chi connectivity index (χ0n) is 12.7. The number of nitrogens with one attached hydrogen (secondary N) is 1. The van der Waals surface area contributed by atoms with Crippen LogP contribution in [0.3, 0.4) is 0 Å². The van der Waals surface area contributed by atoms with Crippen molar-refractivity contribution in [2.24, 2.45) is 0 Å². The van der Waals surface area contributed by atoms with Crippen molar-refractivity contribution in [2.45, 2.75) is 6.92 Å². The average Bonchev–Trinajstić information content (AvgIpc) is 2.94. The maximum Gasteiger partial charge on any atom is 0.342 e. The minimum atomic E-state index is -0.488. The van der Waals surface area contributed by atoms with E-state index >= 15 is 0 Å². The lowest BCUT2D eigenvalue weighted by Gasteiger charge is -2.04. The molecule has 0 spiro atoms. The van der Waals surface area contributed by atoms with Gasteiger partial charge in [-0.2, -0.15) is 0 Å². The zero-order valence-corrected chi connectivity index (χ0v) is 13.6. The summed E-state index contributed by atoms with van der Waals surface area (Å²) >= 11 is 1.19. The number of carbonyl (C=O) groups is 2. The number of hydrogen-bond acceptors (Lipinski definition) is 4. The van der Waals surface area contributed by atoms with Gasteiger partial charge in [-0.3, -0.25) is 4.79 Å². The van der Waals surface area contributed by atoms with E-state index in [0.29, 0.717) is 12.3 Å². The Bertz CT molecular complexity index is 699. The lowest BCUT2D eigenvalue weighted by atomic mass is 10.2. The van der Waals surface area contributed by atoms with Crippen molar-refractivity contribution in [1.29, 1.82) is 0 Å². The molecule has 1 heterocycles. The third-order valence-electron chi connectivity index (χ3n) is 2.91. The van der Waals surface area contributed by atoms with Crippen LogP contribution in [0.15, 0.2) is 65.6 Å². The molecule has 0 radical (unpaired) electrons. The molecule has 1 aromatic carbocycles. The van der Waals surface area contributed by atoms with Crippen molar-refractivity contribution in [3.63, 3.8) is 0 Å². The lowest BCUT2D eigenvalue weighted by molar-refractivity contribution is -0.129. The molecular formula is C18H17NO3S. The smallest absolute Gasteiger partial charge is 0.342 e.